The van der Waals surface area contributed by atoms with Crippen LogP contribution in [0.2, 0.25) is 0 Å². The third-order valence-electron chi connectivity index (χ3n) is 2.77. The molecule has 0 radical (unpaired) electrons. The normalized spacial score (nSPS) is 25.1. The average Bonchev–Trinajstić information content (AvgIpc) is 2.71. The number of rotatable bonds is 1. The molecule has 1 amide bonds. The summed E-state index contributed by atoms with van der Waals surface area (Å²) in [5.74, 6) is 0.0856. The fourth-order valence-corrected chi connectivity index (χ4v) is 1.72. The van der Waals surface area contributed by atoms with E-state index in [9.17, 15) is 4.79 Å². The molecule has 0 bridgehead atoms. The lowest BCUT2D eigenvalue weighted by molar-refractivity contribution is -0.133. The number of amides is 1. The molecule has 1 aliphatic heterocycles. The summed E-state index contributed by atoms with van der Waals surface area (Å²) in [6, 6.07) is 2.14. The number of hydrogen-bond donors (Lipinski definition) is 0. The van der Waals surface area contributed by atoms with E-state index in [4.69, 9.17) is 5.26 Å². The second kappa shape index (κ2) is 2.48. The van der Waals surface area contributed by atoms with E-state index in [-0.39, 0.29) is 5.91 Å². The Morgan fingerprint density at radius 2 is 1.92 bits per heavy atom. The number of nitriles is 1. The van der Waals surface area contributed by atoms with Crippen LogP contribution in [-0.2, 0) is 4.79 Å². The zero-order valence-electron chi connectivity index (χ0n) is 7.05. The summed E-state index contributed by atoms with van der Waals surface area (Å²) in [6.45, 7) is 1.73. The van der Waals surface area contributed by atoms with Crippen molar-refractivity contribution in [1.82, 2.24) is 4.90 Å². The Balaban J connectivity index is 2.05. The van der Waals surface area contributed by atoms with Crippen LogP contribution in [0.1, 0.15) is 25.7 Å². The first-order valence-corrected chi connectivity index (χ1v) is 4.49. The van der Waals surface area contributed by atoms with Crippen molar-refractivity contribution in [3.63, 3.8) is 0 Å². The lowest BCUT2D eigenvalue weighted by Crippen LogP contribution is -2.34. The number of nitrogens with zero attached hydrogens (tertiary/aromatic N) is 2. The number of carbonyl (C=O) groups excluding carboxylic acids is 1. The Hall–Kier alpha value is -1.04. The van der Waals surface area contributed by atoms with E-state index in [1.54, 1.807) is 0 Å². The van der Waals surface area contributed by atoms with Crippen LogP contribution in [0.5, 0.6) is 0 Å². The van der Waals surface area contributed by atoms with Crippen molar-refractivity contribution in [2.75, 3.05) is 13.1 Å². The van der Waals surface area contributed by atoms with E-state index in [1.165, 1.54) is 0 Å². The zero-order chi connectivity index (χ0) is 8.60. The van der Waals surface area contributed by atoms with Gasteiger partial charge in [0.1, 0.15) is 5.41 Å². The summed E-state index contributed by atoms with van der Waals surface area (Å²) in [6.07, 6.45) is 3.76. The van der Waals surface area contributed by atoms with E-state index in [2.05, 4.69) is 6.07 Å². The highest BCUT2D eigenvalue weighted by atomic mass is 16.2. The topological polar surface area (TPSA) is 44.1 Å². The Morgan fingerprint density at radius 1 is 1.33 bits per heavy atom. The Labute approximate surface area is 72.0 Å². The molecule has 0 spiro atoms. The molecule has 2 rings (SSSR count). The Morgan fingerprint density at radius 3 is 2.33 bits per heavy atom. The maximum atomic E-state index is 11.7. The molecule has 0 N–H and O–H groups in total. The molecule has 1 saturated carbocycles. The SMILES string of the molecule is N#CC1(C(=O)N2CCCC2)CC1. The van der Waals surface area contributed by atoms with Crippen LogP contribution in [-0.4, -0.2) is 23.9 Å². The van der Waals surface area contributed by atoms with Gasteiger partial charge in [-0.25, -0.2) is 0 Å². The summed E-state index contributed by atoms with van der Waals surface area (Å²) >= 11 is 0. The number of carbonyl (C=O) groups is 1. The van der Waals surface area contributed by atoms with Crippen molar-refractivity contribution in [3.05, 3.63) is 0 Å². The molecule has 64 valence electrons. The van der Waals surface area contributed by atoms with E-state index >= 15 is 0 Å². The third-order valence-corrected chi connectivity index (χ3v) is 2.77. The third kappa shape index (κ3) is 0.989. The summed E-state index contributed by atoms with van der Waals surface area (Å²) in [7, 11) is 0. The molecular weight excluding hydrogens is 152 g/mol. The van der Waals surface area contributed by atoms with Crippen molar-refractivity contribution in [2.45, 2.75) is 25.7 Å². The van der Waals surface area contributed by atoms with Crippen molar-refractivity contribution < 1.29 is 4.79 Å². The van der Waals surface area contributed by atoms with Crippen molar-refractivity contribution in [1.29, 1.82) is 5.26 Å². The molecule has 2 fully saturated rings. The minimum Gasteiger partial charge on any atom is -0.341 e. The maximum absolute atomic E-state index is 11.7. The Kier molecular flexibility index (Phi) is 1.57. The first kappa shape index (κ1) is 7.60. The van der Waals surface area contributed by atoms with Gasteiger partial charge in [-0.3, -0.25) is 4.79 Å². The molecule has 1 saturated heterocycles. The molecule has 1 aliphatic carbocycles. The molecular formula is C9H12N2O. The fourth-order valence-electron chi connectivity index (χ4n) is 1.72. The maximum Gasteiger partial charge on any atom is 0.243 e. The minimum absolute atomic E-state index is 0.0856. The smallest absolute Gasteiger partial charge is 0.243 e. The van der Waals surface area contributed by atoms with Gasteiger partial charge < -0.3 is 4.90 Å². The van der Waals surface area contributed by atoms with Gasteiger partial charge in [-0.2, -0.15) is 5.26 Å². The van der Waals surface area contributed by atoms with Crippen LogP contribution in [0.4, 0.5) is 0 Å². The summed E-state index contributed by atoms with van der Waals surface area (Å²) in [4.78, 5) is 13.5. The van der Waals surface area contributed by atoms with E-state index in [0.29, 0.717) is 0 Å². The first-order chi connectivity index (χ1) is 5.78. The van der Waals surface area contributed by atoms with Gasteiger partial charge in [0.05, 0.1) is 6.07 Å². The predicted molar refractivity (Wildman–Crippen MR) is 43.1 cm³/mol. The predicted octanol–water partition coefficient (Wildman–Crippen LogP) is 0.913. The molecule has 3 nitrogen and oxygen atoms in total. The molecule has 0 aromatic carbocycles. The van der Waals surface area contributed by atoms with Gasteiger partial charge in [0.2, 0.25) is 5.91 Å². The van der Waals surface area contributed by atoms with E-state index < -0.39 is 5.41 Å². The van der Waals surface area contributed by atoms with Crippen LogP contribution in [0.15, 0.2) is 0 Å². The minimum atomic E-state index is -0.593. The average molecular weight is 164 g/mol. The monoisotopic (exact) mass is 164 g/mol. The second-order valence-electron chi connectivity index (χ2n) is 3.69. The van der Waals surface area contributed by atoms with Crippen molar-refractivity contribution >= 4 is 5.91 Å². The lowest BCUT2D eigenvalue weighted by atomic mass is 10.1. The van der Waals surface area contributed by atoms with Crippen LogP contribution >= 0.6 is 0 Å². The first-order valence-electron chi connectivity index (χ1n) is 4.49. The van der Waals surface area contributed by atoms with Crippen LogP contribution in [0, 0.1) is 16.7 Å². The quantitative estimate of drug-likeness (QED) is 0.578. The van der Waals surface area contributed by atoms with Gasteiger partial charge in [0.25, 0.3) is 0 Å². The van der Waals surface area contributed by atoms with Gasteiger partial charge >= 0.3 is 0 Å². The summed E-state index contributed by atoms with van der Waals surface area (Å²) in [5, 5.41) is 8.79. The number of hydrogen-bond acceptors (Lipinski definition) is 2. The van der Waals surface area contributed by atoms with Gasteiger partial charge in [0, 0.05) is 13.1 Å². The highest BCUT2D eigenvalue weighted by Gasteiger charge is 2.52. The molecule has 0 atom stereocenters. The molecule has 12 heavy (non-hydrogen) atoms. The zero-order valence-corrected chi connectivity index (χ0v) is 7.05. The lowest BCUT2D eigenvalue weighted by Gasteiger charge is -2.17. The van der Waals surface area contributed by atoms with Crippen LogP contribution in [0.3, 0.4) is 0 Å². The van der Waals surface area contributed by atoms with Gasteiger partial charge in [0.15, 0.2) is 0 Å². The largest absolute Gasteiger partial charge is 0.341 e. The molecule has 0 aromatic rings. The molecule has 0 unspecified atom stereocenters. The second-order valence-corrected chi connectivity index (χ2v) is 3.69. The van der Waals surface area contributed by atoms with Gasteiger partial charge in [-0.05, 0) is 25.7 Å². The van der Waals surface area contributed by atoms with Gasteiger partial charge in [-0.1, -0.05) is 0 Å². The number of likely N-dealkylation sites (tertiary alicyclic amines) is 1. The van der Waals surface area contributed by atoms with Crippen LogP contribution in [0.25, 0.3) is 0 Å². The standard InChI is InChI=1S/C9H12N2O/c10-7-9(3-4-9)8(12)11-5-1-2-6-11/h1-6H2. The van der Waals surface area contributed by atoms with E-state index in [1.807, 2.05) is 4.90 Å². The van der Waals surface area contributed by atoms with E-state index in [0.717, 1.165) is 38.8 Å². The Bertz CT molecular complexity index is 244. The molecule has 0 aromatic heterocycles. The van der Waals surface area contributed by atoms with Crippen molar-refractivity contribution in [3.8, 4) is 6.07 Å². The van der Waals surface area contributed by atoms with Crippen molar-refractivity contribution in [2.24, 2.45) is 5.41 Å². The highest BCUT2D eigenvalue weighted by Crippen LogP contribution is 2.46. The molecule has 1 heterocycles. The van der Waals surface area contributed by atoms with Gasteiger partial charge in [-0.15, -0.1) is 0 Å². The summed E-state index contributed by atoms with van der Waals surface area (Å²) in [5.41, 5.74) is -0.593. The highest BCUT2D eigenvalue weighted by molar-refractivity contribution is 5.88. The summed E-state index contributed by atoms with van der Waals surface area (Å²) < 4.78 is 0. The molecule has 3 heteroatoms. The molecule has 2 aliphatic rings. The fraction of sp³-hybridized carbons (Fsp3) is 0.778. The van der Waals surface area contributed by atoms with Crippen LogP contribution < -0.4 is 0 Å².